The molecule has 0 aliphatic carbocycles. The number of piperidine rings is 1. The third-order valence-electron chi connectivity index (χ3n) is 4.95. The van der Waals surface area contributed by atoms with Crippen molar-refractivity contribution in [2.24, 2.45) is 0 Å². The highest BCUT2D eigenvalue weighted by Gasteiger charge is 2.28. The first-order chi connectivity index (χ1) is 13.4. The van der Waals surface area contributed by atoms with Gasteiger partial charge in [0.2, 0.25) is 0 Å². The van der Waals surface area contributed by atoms with Gasteiger partial charge in [-0.15, -0.1) is 12.4 Å². The summed E-state index contributed by atoms with van der Waals surface area (Å²) in [6.07, 6.45) is 0.690. The van der Waals surface area contributed by atoms with Gasteiger partial charge in [0.1, 0.15) is 0 Å². The molecule has 1 heterocycles. The number of nitrogens with zero attached hydrogens (tertiary/aromatic N) is 1. The van der Waals surface area contributed by atoms with E-state index in [0.717, 1.165) is 12.6 Å². The van der Waals surface area contributed by atoms with E-state index in [4.69, 9.17) is 0 Å². The van der Waals surface area contributed by atoms with Crippen LogP contribution in [0.4, 0.5) is 8.78 Å². The molecule has 0 spiro atoms. The molecule has 2 amide bonds. The SMILES string of the molecule is CN(C)C(=O)c1cccc(C(=O)NC2CNCCC2c2ccc(F)c(F)c2)c1.Cl. The Hall–Kier alpha value is -2.51. The minimum atomic E-state index is -0.893. The highest BCUT2D eigenvalue weighted by atomic mass is 35.5. The molecular weight excluding hydrogens is 400 g/mol. The first kappa shape index (κ1) is 22.8. The molecule has 1 aliphatic heterocycles. The van der Waals surface area contributed by atoms with Gasteiger partial charge >= 0.3 is 0 Å². The Morgan fingerprint density at radius 1 is 1.07 bits per heavy atom. The molecule has 0 bridgehead atoms. The monoisotopic (exact) mass is 423 g/mol. The average molecular weight is 424 g/mol. The Kier molecular flexibility index (Phi) is 7.70. The van der Waals surface area contributed by atoms with Crippen LogP contribution in [0.1, 0.15) is 38.6 Å². The number of carbonyl (C=O) groups is 2. The molecule has 2 aromatic carbocycles. The topological polar surface area (TPSA) is 61.4 Å². The molecule has 0 radical (unpaired) electrons. The number of nitrogens with one attached hydrogen (secondary N) is 2. The number of hydrogen-bond donors (Lipinski definition) is 2. The van der Waals surface area contributed by atoms with Crippen LogP contribution >= 0.6 is 12.4 Å². The third-order valence-corrected chi connectivity index (χ3v) is 4.95. The highest BCUT2D eigenvalue weighted by Crippen LogP contribution is 2.27. The number of benzene rings is 2. The van der Waals surface area contributed by atoms with Crippen molar-refractivity contribution < 1.29 is 18.4 Å². The Morgan fingerprint density at radius 3 is 2.48 bits per heavy atom. The van der Waals surface area contributed by atoms with Gasteiger partial charge in [-0.25, -0.2) is 8.78 Å². The molecule has 156 valence electrons. The van der Waals surface area contributed by atoms with Crippen LogP contribution in [-0.2, 0) is 0 Å². The van der Waals surface area contributed by atoms with Gasteiger partial charge in [-0.1, -0.05) is 12.1 Å². The standard InChI is InChI=1S/C21H23F2N3O2.ClH/c1-26(2)21(28)15-5-3-4-14(10-15)20(27)25-19-12-24-9-8-16(19)13-6-7-17(22)18(23)11-13;/h3-7,10-11,16,19,24H,8-9,12H2,1-2H3,(H,25,27);1H. The second-order valence-corrected chi connectivity index (χ2v) is 7.13. The normalized spacial score (nSPS) is 18.5. The zero-order chi connectivity index (χ0) is 20.3. The Balaban J connectivity index is 0.00000300. The summed E-state index contributed by atoms with van der Waals surface area (Å²) in [4.78, 5) is 26.3. The van der Waals surface area contributed by atoms with Crippen LogP contribution in [0.2, 0.25) is 0 Å². The van der Waals surface area contributed by atoms with Gasteiger partial charge in [-0.2, -0.15) is 0 Å². The van der Waals surface area contributed by atoms with E-state index < -0.39 is 11.6 Å². The van der Waals surface area contributed by atoms with Gasteiger partial charge in [0, 0.05) is 43.7 Å². The van der Waals surface area contributed by atoms with E-state index >= 15 is 0 Å². The Labute approximate surface area is 174 Å². The van der Waals surface area contributed by atoms with Crippen molar-refractivity contribution in [1.29, 1.82) is 0 Å². The van der Waals surface area contributed by atoms with Crippen LogP contribution in [0.25, 0.3) is 0 Å². The summed E-state index contributed by atoms with van der Waals surface area (Å²) in [5.41, 5.74) is 1.46. The number of carbonyl (C=O) groups excluding carboxylic acids is 2. The Bertz CT molecular complexity index is 892. The lowest BCUT2D eigenvalue weighted by Crippen LogP contribution is -2.50. The van der Waals surface area contributed by atoms with Crippen molar-refractivity contribution in [2.75, 3.05) is 27.2 Å². The van der Waals surface area contributed by atoms with Gasteiger partial charge in [-0.05, 0) is 48.9 Å². The van der Waals surface area contributed by atoms with E-state index in [1.165, 1.54) is 11.0 Å². The predicted octanol–water partition coefficient (Wildman–Crippen LogP) is 2.96. The first-order valence-electron chi connectivity index (χ1n) is 9.15. The fourth-order valence-corrected chi connectivity index (χ4v) is 3.46. The molecule has 1 fully saturated rings. The lowest BCUT2D eigenvalue weighted by molar-refractivity contribution is 0.0827. The zero-order valence-electron chi connectivity index (χ0n) is 16.2. The highest BCUT2D eigenvalue weighted by molar-refractivity contribution is 5.99. The van der Waals surface area contributed by atoms with Gasteiger partial charge in [-0.3, -0.25) is 9.59 Å². The lowest BCUT2D eigenvalue weighted by atomic mass is 9.85. The van der Waals surface area contributed by atoms with Gasteiger partial charge in [0.15, 0.2) is 11.6 Å². The minimum absolute atomic E-state index is 0. The smallest absolute Gasteiger partial charge is 0.253 e. The molecule has 1 saturated heterocycles. The average Bonchev–Trinajstić information content (AvgIpc) is 2.70. The van der Waals surface area contributed by atoms with Crippen molar-refractivity contribution in [2.45, 2.75) is 18.4 Å². The number of hydrogen-bond acceptors (Lipinski definition) is 3. The van der Waals surface area contributed by atoms with Crippen LogP contribution in [-0.4, -0.2) is 49.9 Å². The second-order valence-electron chi connectivity index (χ2n) is 7.13. The summed E-state index contributed by atoms with van der Waals surface area (Å²) in [5, 5.41) is 6.19. The molecule has 5 nitrogen and oxygen atoms in total. The van der Waals surface area contributed by atoms with Crippen molar-refractivity contribution in [3.63, 3.8) is 0 Å². The largest absolute Gasteiger partial charge is 0.347 e. The summed E-state index contributed by atoms with van der Waals surface area (Å²) >= 11 is 0. The first-order valence-corrected chi connectivity index (χ1v) is 9.15. The molecule has 0 aromatic heterocycles. The van der Waals surface area contributed by atoms with Crippen molar-refractivity contribution in [1.82, 2.24) is 15.5 Å². The fourth-order valence-electron chi connectivity index (χ4n) is 3.46. The van der Waals surface area contributed by atoms with Gasteiger partial charge < -0.3 is 15.5 Å². The van der Waals surface area contributed by atoms with Gasteiger partial charge in [0.25, 0.3) is 11.8 Å². The lowest BCUT2D eigenvalue weighted by Gasteiger charge is -2.33. The van der Waals surface area contributed by atoms with E-state index in [1.54, 1.807) is 44.4 Å². The van der Waals surface area contributed by atoms with Crippen molar-refractivity contribution in [3.8, 4) is 0 Å². The molecular formula is C21H24ClF2N3O2. The van der Waals surface area contributed by atoms with E-state index in [0.29, 0.717) is 29.7 Å². The number of rotatable bonds is 4. The summed E-state index contributed by atoms with van der Waals surface area (Å²) in [6.45, 7) is 1.24. The summed E-state index contributed by atoms with van der Waals surface area (Å²) in [7, 11) is 3.30. The van der Waals surface area contributed by atoms with Gasteiger partial charge in [0.05, 0.1) is 0 Å². The summed E-state index contributed by atoms with van der Waals surface area (Å²) in [5.74, 6) is -2.41. The zero-order valence-corrected chi connectivity index (χ0v) is 17.1. The molecule has 0 saturated carbocycles. The molecule has 2 aromatic rings. The predicted molar refractivity (Wildman–Crippen MR) is 110 cm³/mol. The maximum atomic E-state index is 13.7. The van der Waals surface area contributed by atoms with Crippen LogP contribution in [0.15, 0.2) is 42.5 Å². The van der Waals surface area contributed by atoms with E-state index in [-0.39, 0.29) is 36.2 Å². The van der Waals surface area contributed by atoms with E-state index in [2.05, 4.69) is 10.6 Å². The quantitative estimate of drug-likeness (QED) is 0.794. The maximum absolute atomic E-state index is 13.7. The molecule has 8 heteroatoms. The summed E-state index contributed by atoms with van der Waals surface area (Å²) in [6, 6.07) is 10.1. The molecule has 2 unspecified atom stereocenters. The number of halogens is 3. The second kappa shape index (κ2) is 9.80. The van der Waals surface area contributed by atoms with Crippen LogP contribution in [0.3, 0.4) is 0 Å². The van der Waals surface area contributed by atoms with Crippen LogP contribution < -0.4 is 10.6 Å². The van der Waals surface area contributed by atoms with Crippen LogP contribution in [0.5, 0.6) is 0 Å². The van der Waals surface area contributed by atoms with E-state index in [1.807, 2.05) is 0 Å². The maximum Gasteiger partial charge on any atom is 0.253 e. The van der Waals surface area contributed by atoms with Crippen LogP contribution in [0, 0.1) is 11.6 Å². The number of amides is 2. The van der Waals surface area contributed by atoms with Crippen molar-refractivity contribution in [3.05, 3.63) is 70.8 Å². The molecule has 29 heavy (non-hydrogen) atoms. The molecule has 3 rings (SSSR count). The minimum Gasteiger partial charge on any atom is -0.347 e. The van der Waals surface area contributed by atoms with E-state index in [9.17, 15) is 18.4 Å². The molecule has 2 atom stereocenters. The molecule has 1 aliphatic rings. The van der Waals surface area contributed by atoms with Crippen molar-refractivity contribution >= 4 is 24.2 Å². The Morgan fingerprint density at radius 2 is 1.79 bits per heavy atom. The molecule has 2 N–H and O–H groups in total. The summed E-state index contributed by atoms with van der Waals surface area (Å²) < 4.78 is 26.9. The fraction of sp³-hybridized carbons (Fsp3) is 0.333. The third kappa shape index (κ3) is 5.31.